The van der Waals surface area contributed by atoms with Crippen molar-refractivity contribution in [1.29, 1.82) is 0 Å². The predicted molar refractivity (Wildman–Crippen MR) is 293 cm³/mol. The summed E-state index contributed by atoms with van der Waals surface area (Å²) in [6.07, 6.45) is 14.0. The van der Waals surface area contributed by atoms with Gasteiger partial charge < -0.3 is 28.8 Å². The van der Waals surface area contributed by atoms with Crippen molar-refractivity contribution < 1.29 is 43.2 Å². The Kier molecular flexibility index (Phi) is 21.4. The van der Waals surface area contributed by atoms with Crippen molar-refractivity contribution in [2.24, 2.45) is 16.7 Å². The minimum absolute atomic E-state index is 0.0376. The molecule has 366 valence electrons. The Labute approximate surface area is 445 Å². The number of carbonyl (C=O) groups is 3. The summed E-state index contributed by atoms with van der Waals surface area (Å²) in [6, 6.07) is 8.72. The third-order valence-electron chi connectivity index (χ3n) is 14.6. The molecule has 0 radical (unpaired) electrons. The molecule has 3 aliphatic heterocycles. The number of phenolic OH excluding ortho intramolecular Hbond substituents is 1. The van der Waals surface area contributed by atoms with Gasteiger partial charge in [-0.2, -0.15) is 0 Å². The topological polar surface area (TPSA) is 118 Å². The van der Waals surface area contributed by atoms with Gasteiger partial charge in [0, 0.05) is 16.3 Å². The lowest BCUT2D eigenvalue weighted by molar-refractivity contribution is -0.169. The molecular formula is C52H76I4O9. The second-order valence-electron chi connectivity index (χ2n) is 20.6. The molecule has 0 amide bonds. The van der Waals surface area contributed by atoms with E-state index in [4.69, 9.17) is 23.7 Å². The molecule has 2 saturated carbocycles. The lowest BCUT2D eigenvalue weighted by atomic mass is 9.86. The molecule has 65 heavy (non-hydrogen) atoms. The van der Waals surface area contributed by atoms with E-state index in [0.717, 1.165) is 44.1 Å². The van der Waals surface area contributed by atoms with Crippen molar-refractivity contribution >= 4 is 108 Å². The molecule has 2 aromatic carbocycles. The number of benzene rings is 2. The molecule has 5 fully saturated rings. The molecule has 3 heterocycles. The second kappa shape index (κ2) is 24.4. The van der Waals surface area contributed by atoms with Gasteiger partial charge in [-0.25, -0.2) is 0 Å². The molecule has 1 N–H and O–H groups in total. The van der Waals surface area contributed by atoms with Gasteiger partial charge in [0.15, 0.2) is 12.2 Å². The molecule has 7 unspecified atom stereocenters. The third kappa shape index (κ3) is 14.5. The van der Waals surface area contributed by atoms with E-state index in [9.17, 15) is 19.5 Å². The van der Waals surface area contributed by atoms with E-state index < -0.39 is 17.6 Å². The van der Waals surface area contributed by atoms with Gasteiger partial charge in [-0.15, -0.1) is 0 Å². The van der Waals surface area contributed by atoms with Crippen LogP contribution in [0, 0.1) is 31.0 Å². The molecule has 5 aliphatic rings. The highest BCUT2D eigenvalue weighted by molar-refractivity contribution is 14.1. The summed E-state index contributed by atoms with van der Waals surface area (Å²) < 4.78 is 32.9. The molecule has 13 heteroatoms. The molecule has 2 bridgehead atoms. The standard InChI is InChI=1S/C17H26O.C13H18O5.C12H22O2.C10H10I4O/c1-4-14(2)15-8-10-16(11-9-15)18-17(3)12-6-5-7-13-17;1-4-13(2,3)12(15)18-9-7-5-6-8(16-7)10(9)17-11(6)14;1-5-11(2,3)10(13)14-12(4)8-6-7-9-12;1-3-4(2)5-6(11)7(12)8(13)9(14)10(5)15/h8-11,14H,4-7,12-13H2,1-3H3;6-10H,4-5H2,1-3H3;5-9H2,1-4H3;4,15H,3H2,1-2H3. The molecule has 0 aromatic heterocycles. The number of rotatable bonds is 12. The summed E-state index contributed by atoms with van der Waals surface area (Å²) in [4.78, 5) is 35.4. The normalized spacial score (nSPS) is 24.5. The maximum atomic E-state index is 12.1. The van der Waals surface area contributed by atoms with Crippen LogP contribution in [0.15, 0.2) is 24.3 Å². The van der Waals surface area contributed by atoms with Crippen LogP contribution in [-0.2, 0) is 33.3 Å². The van der Waals surface area contributed by atoms with Crippen LogP contribution in [-0.4, -0.2) is 58.6 Å². The Morgan fingerprint density at radius 3 is 1.78 bits per heavy atom. The smallest absolute Gasteiger partial charge is 0.312 e. The number of hydrogen-bond donors (Lipinski definition) is 1. The average molecular weight is 1350 g/mol. The highest BCUT2D eigenvalue weighted by atomic mass is 127. The first kappa shape index (κ1) is 56.9. The zero-order valence-corrected chi connectivity index (χ0v) is 49.6. The van der Waals surface area contributed by atoms with Crippen LogP contribution in [0.5, 0.6) is 11.5 Å². The SMILES string of the molecule is CCC(C)(C)C(=O)OC1(C)CCCC1.CCC(C)(C)C(=O)OC1C2CC3C(=O)OC1C3O2.CCC(C)c1c(O)c(I)c(I)c(I)c1I.CCC(C)c1ccc(OC2(C)CCCCC2)cc1. The Hall–Kier alpha value is -0.670. The number of phenols is 1. The van der Waals surface area contributed by atoms with Gasteiger partial charge in [0.25, 0.3) is 0 Å². The molecule has 2 aromatic rings. The first-order valence-electron chi connectivity index (χ1n) is 24.0. The summed E-state index contributed by atoms with van der Waals surface area (Å²) in [7, 11) is 0. The molecule has 7 atom stereocenters. The van der Waals surface area contributed by atoms with Crippen molar-refractivity contribution in [3.05, 3.63) is 49.7 Å². The van der Waals surface area contributed by atoms with E-state index in [1.807, 2.05) is 41.5 Å². The van der Waals surface area contributed by atoms with Crippen molar-refractivity contribution in [2.75, 3.05) is 0 Å². The summed E-state index contributed by atoms with van der Waals surface area (Å²) in [5.74, 6) is 1.93. The minimum atomic E-state index is -0.510. The van der Waals surface area contributed by atoms with Crippen LogP contribution >= 0.6 is 90.4 Å². The molecule has 2 aliphatic carbocycles. The first-order valence-corrected chi connectivity index (χ1v) is 28.3. The lowest BCUT2D eigenvalue weighted by Gasteiger charge is -2.34. The summed E-state index contributed by atoms with van der Waals surface area (Å²) in [5, 5.41) is 10.2. The van der Waals surface area contributed by atoms with Crippen molar-refractivity contribution in [1.82, 2.24) is 0 Å². The fraction of sp³-hybridized carbons (Fsp3) is 0.712. The van der Waals surface area contributed by atoms with E-state index in [-0.39, 0.29) is 52.7 Å². The van der Waals surface area contributed by atoms with Crippen LogP contribution in [0.4, 0.5) is 0 Å². The number of aromatic hydroxyl groups is 1. The summed E-state index contributed by atoms with van der Waals surface area (Å²) >= 11 is 9.20. The van der Waals surface area contributed by atoms with Crippen LogP contribution < -0.4 is 4.74 Å². The first-order chi connectivity index (χ1) is 30.4. The van der Waals surface area contributed by atoms with Crippen LogP contribution in [0.25, 0.3) is 0 Å². The number of hydrogen-bond acceptors (Lipinski definition) is 9. The number of esters is 3. The highest BCUT2D eigenvalue weighted by Crippen LogP contribution is 2.48. The monoisotopic (exact) mass is 1350 g/mol. The Morgan fingerprint density at radius 2 is 1.25 bits per heavy atom. The minimum Gasteiger partial charge on any atom is -0.506 e. The average Bonchev–Trinajstić information content (AvgIpc) is 4.05. The third-order valence-corrected chi connectivity index (χ3v) is 22.0. The van der Waals surface area contributed by atoms with E-state index in [1.54, 1.807) is 0 Å². The molecular weight excluding hydrogens is 1280 g/mol. The zero-order valence-electron chi connectivity index (χ0n) is 41.0. The van der Waals surface area contributed by atoms with E-state index in [2.05, 4.69) is 156 Å². The number of carbonyl (C=O) groups excluding carboxylic acids is 3. The molecule has 3 saturated heterocycles. The second-order valence-corrected chi connectivity index (χ2v) is 24.9. The highest BCUT2D eigenvalue weighted by Gasteiger charge is 2.65. The predicted octanol–water partition coefficient (Wildman–Crippen LogP) is 15.0. The quantitative estimate of drug-likeness (QED) is 0.0729. The number of halogens is 4. The molecule has 9 nitrogen and oxygen atoms in total. The Bertz CT molecular complexity index is 1890. The van der Waals surface area contributed by atoms with E-state index in [1.165, 1.54) is 64.1 Å². The lowest BCUT2D eigenvalue weighted by Crippen LogP contribution is -2.42. The number of ether oxygens (including phenoxy) is 5. The fourth-order valence-corrected chi connectivity index (χ4v) is 12.4. The van der Waals surface area contributed by atoms with Crippen molar-refractivity contribution in [2.45, 2.75) is 220 Å². The maximum Gasteiger partial charge on any atom is 0.312 e. The largest absolute Gasteiger partial charge is 0.506 e. The van der Waals surface area contributed by atoms with Crippen LogP contribution in [0.2, 0.25) is 0 Å². The van der Waals surface area contributed by atoms with Gasteiger partial charge in [-0.3, -0.25) is 14.4 Å². The fourth-order valence-electron chi connectivity index (χ4n) is 8.62. The van der Waals surface area contributed by atoms with Crippen LogP contribution in [0.3, 0.4) is 0 Å². The van der Waals surface area contributed by atoms with Gasteiger partial charge in [-0.1, -0.05) is 60.1 Å². The summed E-state index contributed by atoms with van der Waals surface area (Å²) in [5.41, 5.74) is 1.57. The van der Waals surface area contributed by atoms with Gasteiger partial charge in [0.2, 0.25) is 0 Å². The Balaban J connectivity index is 0.000000191. The van der Waals surface area contributed by atoms with Crippen molar-refractivity contribution in [3.8, 4) is 11.5 Å². The maximum absolute atomic E-state index is 12.1. The molecule has 0 spiro atoms. The summed E-state index contributed by atoms with van der Waals surface area (Å²) in [6.45, 7) is 24.7. The Morgan fingerprint density at radius 1 is 0.738 bits per heavy atom. The van der Waals surface area contributed by atoms with Crippen LogP contribution in [0.1, 0.15) is 196 Å². The van der Waals surface area contributed by atoms with Crippen molar-refractivity contribution in [3.63, 3.8) is 0 Å². The molecule has 7 rings (SSSR count). The number of fused-ring (bicyclic) bond motifs is 1. The zero-order chi connectivity index (χ0) is 48.7. The van der Waals surface area contributed by atoms with Gasteiger partial charge in [0.05, 0.1) is 26.4 Å². The van der Waals surface area contributed by atoms with E-state index in [0.29, 0.717) is 30.4 Å². The van der Waals surface area contributed by atoms with E-state index >= 15 is 0 Å². The van der Waals surface area contributed by atoms with Gasteiger partial charge >= 0.3 is 17.9 Å². The van der Waals surface area contributed by atoms with Gasteiger partial charge in [0.1, 0.15) is 28.8 Å². The van der Waals surface area contributed by atoms with Gasteiger partial charge in [-0.05, 0) is 245 Å².